The first-order valence-electron chi connectivity index (χ1n) is 7.80. The van der Waals surface area contributed by atoms with E-state index in [1.54, 1.807) is 7.11 Å². The number of quaternary nitrogens is 1. The zero-order chi connectivity index (χ0) is 16.1. The van der Waals surface area contributed by atoms with Crippen molar-refractivity contribution in [3.63, 3.8) is 0 Å². The molecule has 0 saturated heterocycles. The lowest BCUT2D eigenvalue weighted by Crippen LogP contribution is -2.80. The van der Waals surface area contributed by atoms with Gasteiger partial charge in [0.15, 0.2) is 23.0 Å². The van der Waals surface area contributed by atoms with Crippen molar-refractivity contribution in [2.45, 2.75) is 20.0 Å². The number of para-hydroxylation sites is 1. The van der Waals surface area contributed by atoms with Crippen LogP contribution in [0.15, 0.2) is 36.4 Å². The summed E-state index contributed by atoms with van der Waals surface area (Å²) in [5.41, 5.74) is 2.34. The summed E-state index contributed by atoms with van der Waals surface area (Å²) < 4.78 is 21.9. The molecule has 0 aliphatic carbocycles. The highest BCUT2D eigenvalue weighted by atomic mass is 16.7. The Morgan fingerprint density at radius 1 is 1.09 bits per heavy atom. The highest BCUT2D eigenvalue weighted by Crippen LogP contribution is 2.32. The molecule has 2 aromatic carbocycles. The van der Waals surface area contributed by atoms with Crippen LogP contribution in [-0.4, -0.2) is 20.5 Å². The van der Waals surface area contributed by atoms with Crippen LogP contribution in [0.5, 0.6) is 23.0 Å². The van der Waals surface area contributed by atoms with Gasteiger partial charge in [-0.2, -0.15) is 0 Å². The number of nitrogens with two attached hydrogens (primary N) is 1. The van der Waals surface area contributed by atoms with Crippen molar-refractivity contribution in [3.05, 3.63) is 47.5 Å². The summed E-state index contributed by atoms with van der Waals surface area (Å²) in [5, 5.41) is 2.23. The summed E-state index contributed by atoms with van der Waals surface area (Å²) in [6.45, 7) is 4.59. The molecule has 1 aliphatic rings. The largest absolute Gasteiger partial charge is 0.493 e. The standard InChI is InChI=1S/C18H21NO4/c1-3-21-18-14(5-4-6-16(18)20-2)11-19-10-13-7-8-15-17(9-13)23-12-22-15/h4-9,19H,3,10-12H2,1-2H3/p+1. The van der Waals surface area contributed by atoms with E-state index in [2.05, 4.69) is 17.4 Å². The smallest absolute Gasteiger partial charge is 0.231 e. The van der Waals surface area contributed by atoms with Crippen molar-refractivity contribution in [1.29, 1.82) is 0 Å². The third-order valence-electron chi connectivity index (χ3n) is 3.75. The van der Waals surface area contributed by atoms with Gasteiger partial charge in [0, 0.05) is 5.56 Å². The second-order valence-corrected chi connectivity index (χ2v) is 5.27. The molecular formula is C18H22NO4+. The van der Waals surface area contributed by atoms with Crippen molar-refractivity contribution in [2.24, 2.45) is 0 Å². The second-order valence-electron chi connectivity index (χ2n) is 5.27. The number of hydrogen-bond acceptors (Lipinski definition) is 4. The average Bonchev–Trinajstić information content (AvgIpc) is 3.04. The third kappa shape index (κ3) is 3.51. The van der Waals surface area contributed by atoms with Crippen molar-refractivity contribution in [1.82, 2.24) is 0 Å². The molecule has 0 fully saturated rings. The Morgan fingerprint density at radius 2 is 1.96 bits per heavy atom. The molecule has 0 amide bonds. The van der Waals surface area contributed by atoms with E-state index in [9.17, 15) is 0 Å². The molecule has 1 aliphatic heterocycles. The molecule has 0 saturated carbocycles. The number of rotatable bonds is 7. The van der Waals surface area contributed by atoms with E-state index in [-0.39, 0.29) is 0 Å². The lowest BCUT2D eigenvalue weighted by atomic mass is 10.1. The molecule has 0 unspecified atom stereocenters. The maximum Gasteiger partial charge on any atom is 0.231 e. The van der Waals surface area contributed by atoms with Gasteiger partial charge < -0.3 is 24.3 Å². The minimum Gasteiger partial charge on any atom is -0.493 e. The fraction of sp³-hybridized carbons (Fsp3) is 0.333. The molecule has 3 rings (SSSR count). The zero-order valence-corrected chi connectivity index (χ0v) is 13.5. The molecule has 0 bridgehead atoms. The van der Waals surface area contributed by atoms with Crippen LogP contribution in [0.3, 0.4) is 0 Å². The molecule has 2 N–H and O–H groups in total. The van der Waals surface area contributed by atoms with Crippen LogP contribution in [-0.2, 0) is 13.1 Å². The van der Waals surface area contributed by atoms with Crippen molar-refractivity contribution in [2.75, 3.05) is 20.5 Å². The Balaban J connectivity index is 1.64. The van der Waals surface area contributed by atoms with Crippen LogP contribution in [0.25, 0.3) is 0 Å². The van der Waals surface area contributed by atoms with Gasteiger partial charge in [0.25, 0.3) is 0 Å². The van der Waals surface area contributed by atoms with E-state index in [1.165, 1.54) is 5.56 Å². The molecule has 0 spiro atoms. The molecule has 0 aromatic heterocycles. The minimum atomic E-state index is 0.310. The van der Waals surface area contributed by atoms with Gasteiger partial charge in [0.05, 0.1) is 19.3 Å². The van der Waals surface area contributed by atoms with E-state index in [1.807, 2.05) is 31.2 Å². The number of ether oxygens (including phenoxy) is 4. The van der Waals surface area contributed by atoms with Crippen LogP contribution in [0.4, 0.5) is 0 Å². The molecule has 1 heterocycles. The van der Waals surface area contributed by atoms with Gasteiger partial charge >= 0.3 is 0 Å². The van der Waals surface area contributed by atoms with Crippen LogP contribution >= 0.6 is 0 Å². The fourth-order valence-electron chi connectivity index (χ4n) is 2.65. The molecule has 5 nitrogen and oxygen atoms in total. The van der Waals surface area contributed by atoms with Crippen LogP contribution in [0.2, 0.25) is 0 Å². The lowest BCUT2D eigenvalue weighted by Gasteiger charge is -2.13. The number of fused-ring (bicyclic) bond motifs is 1. The average molecular weight is 316 g/mol. The van der Waals surface area contributed by atoms with Crippen molar-refractivity contribution in [3.8, 4) is 23.0 Å². The second kappa shape index (κ2) is 7.24. The Labute approximate surface area is 136 Å². The zero-order valence-electron chi connectivity index (χ0n) is 13.5. The monoisotopic (exact) mass is 316 g/mol. The number of benzene rings is 2. The maximum absolute atomic E-state index is 5.74. The summed E-state index contributed by atoms with van der Waals surface area (Å²) >= 11 is 0. The quantitative estimate of drug-likeness (QED) is 0.850. The summed E-state index contributed by atoms with van der Waals surface area (Å²) in [6, 6.07) is 12.1. The third-order valence-corrected chi connectivity index (χ3v) is 3.75. The van der Waals surface area contributed by atoms with Gasteiger partial charge in [-0.3, -0.25) is 0 Å². The summed E-state index contributed by atoms with van der Waals surface area (Å²) in [5.74, 6) is 3.26. The van der Waals surface area contributed by atoms with E-state index >= 15 is 0 Å². The molecule has 5 heteroatoms. The topological polar surface area (TPSA) is 53.5 Å². The lowest BCUT2D eigenvalue weighted by molar-refractivity contribution is -0.686. The fourth-order valence-corrected chi connectivity index (χ4v) is 2.65. The van der Waals surface area contributed by atoms with Gasteiger partial charge in [0.2, 0.25) is 6.79 Å². The van der Waals surface area contributed by atoms with Gasteiger partial charge in [-0.15, -0.1) is 0 Å². The first kappa shape index (κ1) is 15.5. The predicted octanol–water partition coefficient (Wildman–Crippen LogP) is 2.09. The van der Waals surface area contributed by atoms with Gasteiger partial charge in [0.1, 0.15) is 13.1 Å². The molecule has 23 heavy (non-hydrogen) atoms. The van der Waals surface area contributed by atoms with Gasteiger partial charge in [-0.25, -0.2) is 0 Å². The first-order chi connectivity index (χ1) is 11.3. The Morgan fingerprint density at radius 3 is 2.78 bits per heavy atom. The summed E-state index contributed by atoms with van der Waals surface area (Å²) in [4.78, 5) is 0. The van der Waals surface area contributed by atoms with Crippen LogP contribution < -0.4 is 24.3 Å². The predicted molar refractivity (Wildman–Crippen MR) is 86.1 cm³/mol. The Hall–Kier alpha value is -2.40. The van der Waals surface area contributed by atoms with Crippen LogP contribution in [0, 0.1) is 0 Å². The van der Waals surface area contributed by atoms with Crippen molar-refractivity contribution < 1.29 is 24.3 Å². The van der Waals surface area contributed by atoms with Gasteiger partial charge in [-0.05, 0) is 37.3 Å². The molecule has 2 aromatic rings. The molecular weight excluding hydrogens is 294 g/mol. The SMILES string of the molecule is CCOc1c(C[NH2+]Cc2ccc3c(c2)OCO3)cccc1OC. The van der Waals surface area contributed by atoms with Crippen LogP contribution in [0.1, 0.15) is 18.1 Å². The summed E-state index contributed by atoms with van der Waals surface area (Å²) in [7, 11) is 1.66. The van der Waals surface area contributed by atoms with E-state index < -0.39 is 0 Å². The number of hydrogen-bond donors (Lipinski definition) is 1. The van der Waals surface area contributed by atoms with E-state index in [0.29, 0.717) is 13.4 Å². The summed E-state index contributed by atoms with van der Waals surface area (Å²) in [6.07, 6.45) is 0. The highest BCUT2D eigenvalue weighted by Gasteiger charge is 2.14. The molecule has 0 radical (unpaired) electrons. The van der Waals surface area contributed by atoms with E-state index in [0.717, 1.165) is 41.7 Å². The van der Waals surface area contributed by atoms with Crippen molar-refractivity contribution >= 4 is 0 Å². The minimum absolute atomic E-state index is 0.310. The Kier molecular flexibility index (Phi) is 4.88. The molecule has 0 atom stereocenters. The Bertz CT molecular complexity index is 672. The molecule has 122 valence electrons. The normalized spacial score (nSPS) is 12.3. The maximum atomic E-state index is 5.74. The van der Waals surface area contributed by atoms with E-state index in [4.69, 9.17) is 18.9 Å². The first-order valence-corrected chi connectivity index (χ1v) is 7.80. The highest BCUT2D eigenvalue weighted by molar-refractivity contribution is 5.46. The van der Waals surface area contributed by atoms with Gasteiger partial charge in [-0.1, -0.05) is 6.07 Å². The number of methoxy groups -OCH3 is 1.